The second kappa shape index (κ2) is 16.1. The van der Waals surface area contributed by atoms with Gasteiger partial charge >= 0.3 is 0 Å². The summed E-state index contributed by atoms with van der Waals surface area (Å²) in [5.41, 5.74) is 20.3. The molecule has 1 rings (SSSR count). The number of hydrogen-bond donors (Lipinski definition) is 7. The van der Waals surface area contributed by atoms with E-state index in [-0.39, 0.29) is 0 Å². The minimum absolute atomic E-state index is 0.973. The Labute approximate surface area is 129 Å². The van der Waals surface area contributed by atoms with E-state index in [1.165, 1.54) is 77.0 Å². The minimum Gasteiger partial charge on any atom is -0.243 e. The SMILES string of the molecule is C1CCCCCCCNNNNNNNCCCCCC1. The van der Waals surface area contributed by atoms with Crippen molar-refractivity contribution in [2.45, 2.75) is 77.0 Å². The van der Waals surface area contributed by atoms with Gasteiger partial charge in [0.25, 0.3) is 0 Å². The first-order valence-corrected chi connectivity index (χ1v) is 8.71. The second-order valence-electron chi connectivity index (χ2n) is 5.72. The summed E-state index contributed by atoms with van der Waals surface area (Å²) < 4.78 is 0. The van der Waals surface area contributed by atoms with E-state index < -0.39 is 0 Å². The molecule has 1 fully saturated rings. The van der Waals surface area contributed by atoms with Gasteiger partial charge in [-0.3, -0.25) is 0 Å². The zero-order valence-corrected chi connectivity index (χ0v) is 13.4. The van der Waals surface area contributed by atoms with Crippen molar-refractivity contribution in [2.75, 3.05) is 13.1 Å². The first-order valence-electron chi connectivity index (χ1n) is 8.71. The molecule has 21 heavy (non-hydrogen) atoms. The van der Waals surface area contributed by atoms with E-state index in [2.05, 4.69) is 38.5 Å². The molecule has 0 aromatic rings. The molecule has 7 heteroatoms. The van der Waals surface area contributed by atoms with Crippen LogP contribution in [0.3, 0.4) is 0 Å². The molecule has 7 nitrogen and oxygen atoms in total. The van der Waals surface area contributed by atoms with Crippen LogP contribution in [0.4, 0.5) is 0 Å². The average Bonchev–Trinajstić information content (AvgIpc) is 2.50. The molecule has 0 aromatic carbocycles. The van der Waals surface area contributed by atoms with Crippen LogP contribution in [-0.2, 0) is 0 Å². The molecule has 1 aliphatic heterocycles. The lowest BCUT2D eigenvalue weighted by Crippen LogP contribution is -2.61. The number of rotatable bonds is 0. The molecule has 1 saturated heterocycles. The molecular weight excluding hydrogens is 266 g/mol. The van der Waals surface area contributed by atoms with E-state index in [4.69, 9.17) is 0 Å². The molecule has 0 radical (unpaired) electrons. The fourth-order valence-corrected chi connectivity index (χ4v) is 2.50. The smallest absolute Gasteiger partial charge is 0.0113 e. The van der Waals surface area contributed by atoms with Gasteiger partial charge in [0.15, 0.2) is 0 Å². The molecule has 7 N–H and O–H groups in total. The maximum absolute atomic E-state index is 3.10. The van der Waals surface area contributed by atoms with Gasteiger partial charge in [0.2, 0.25) is 0 Å². The molecule has 0 spiro atoms. The monoisotopic (exact) mass is 301 g/mol. The summed E-state index contributed by atoms with van der Waals surface area (Å²) in [7, 11) is 0. The predicted molar refractivity (Wildman–Crippen MR) is 87.1 cm³/mol. The Bertz CT molecular complexity index is 112. The largest absolute Gasteiger partial charge is 0.243 e. The molecule has 1 aliphatic rings. The lowest BCUT2D eigenvalue weighted by Gasteiger charge is -2.12. The van der Waals surface area contributed by atoms with Crippen molar-refractivity contribution >= 4 is 0 Å². The van der Waals surface area contributed by atoms with Gasteiger partial charge in [0.05, 0.1) is 0 Å². The van der Waals surface area contributed by atoms with Crippen molar-refractivity contribution in [2.24, 2.45) is 0 Å². The van der Waals surface area contributed by atoms with E-state index in [1.54, 1.807) is 0 Å². The fraction of sp³-hybridized carbons (Fsp3) is 1.00. The number of nitrogens with one attached hydrogen (secondary N) is 7. The van der Waals surface area contributed by atoms with Crippen LogP contribution in [0.5, 0.6) is 0 Å². The summed E-state index contributed by atoms with van der Waals surface area (Å²) in [6.07, 6.45) is 16.2. The van der Waals surface area contributed by atoms with E-state index in [0.717, 1.165) is 13.1 Å². The highest BCUT2D eigenvalue weighted by atomic mass is 15.9. The van der Waals surface area contributed by atoms with Crippen LogP contribution in [-0.4, -0.2) is 13.1 Å². The summed E-state index contributed by atoms with van der Waals surface area (Å²) >= 11 is 0. The summed E-state index contributed by atoms with van der Waals surface area (Å²) in [6, 6.07) is 0. The molecule has 0 saturated carbocycles. The van der Waals surface area contributed by atoms with Crippen LogP contribution < -0.4 is 38.5 Å². The van der Waals surface area contributed by atoms with Crippen LogP contribution >= 0.6 is 0 Å². The van der Waals surface area contributed by atoms with Gasteiger partial charge in [0, 0.05) is 13.1 Å². The average molecular weight is 301 g/mol. The van der Waals surface area contributed by atoms with Crippen LogP contribution in [0, 0.1) is 0 Å². The van der Waals surface area contributed by atoms with Gasteiger partial charge in [-0.2, -0.15) is 27.7 Å². The Morgan fingerprint density at radius 2 is 0.571 bits per heavy atom. The second-order valence-corrected chi connectivity index (χ2v) is 5.72. The van der Waals surface area contributed by atoms with Crippen molar-refractivity contribution in [3.63, 3.8) is 0 Å². The Balaban J connectivity index is 2.00. The first kappa shape index (κ1) is 18.8. The van der Waals surface area contributed by atoms with E-state index in [0.29, 0.717) is 0 Å². The highest BCUT2D eigenvalue weighted by molar-refractivity contribution is 4.50. The molecule has 0 atom stereocenters. The molecule has 0 bridgehead atoms. The van der Waals surface area contributed by atoms with Gasteiger partial charge in [-0.1, -0.05) is 64.2 Å². The minimum atomic E-state index is 0.973. The topological polar surface area (TPSA) is 84.2 Å². The zero-order valence-electron chi connectivity index (χ0n) is 13.4. The summed E-state index contributed by atoms with van der Waals surface area (Å²) in [6.45, 7) is 1.95. The Morgan fingerprint density at radius 1 is 0.286 bits per heavy atom. The molecule has 126 valence electrons. The fourth-order valence-electron chi connectivity index (χ4n) is 2.50. The number of hydrogen-bond acceptors (Lipinski definition) is 7. The quantitative estimate of drug-likeness (QED) is 0.363. The van der Waals surface area contributed by atoms with Crippen molar-refractivity contribution in [1.82, 2.24) is 38.5 Å². The molecule has 0 amide bonds. The van der Waals surface area contributed by atoms with E-state index in [9.17, 15) is 0 Å². The van der Waals surface area contributed by atoms with Crippen molar-refractivity contribution in [3.05, 3.63) is 0 Å². The molecular formula is C14H35N7. The van der Waals surface area contributed by atoms with Gasteiger partial charge in [-0.25, -0.2) is 10.9 Å². The first-order chi connectivity index (χ1) is 10.5. The van der Waals surface area contributed by atoms with Crippen molar-refractivity contribution in [3.8, 4) is 0 Å². The van der Waals surface area contributed by atoms with E-state index >= 15 is 0 Å². The Kier molecular flexibility index (Phi) is 14.4. The van der Waals surface area contributed by atoms with Gasteiger partial charge < -0.3 is 0 Å². The predicted octanol–water partition coefficient (Wildman–Crippen LogP) is 1.30. The standard InChI is InChI=1S/C14H35N7/c1-2-4-6-8-10-12-14-16-18-20-21-19-17-15-13-11-9-7-5-3-1/h15-21H,1-14H2. The third kappa shape index (κ3) is 14.4. The summed E-state index contributed by atoms with van der Waals surface area (Å²) in [5, 5.41) is 0. The maximum atomic E-state index is 3.10. The Morgan fingerprint density at radius 3 is 0.952 bits per heavy atom. The molecule has 0 unspecified atom stereocenters. The van der Waals surface area contributed by atoms with Gasteiger partial charge in [0.1, 0.15) is 0 Å². The molecule has 1 heterocycles. The van der Waals surface area contributed by atoms with Crippen molar-refractivity contribution in [1.29, 1.82) is 0 Å². The zero-order chi connectivity index (χ0) is 14.8. The normalized spacial score (nSPS) is 24.0. The molecule has 0 aromatic heterocycles. The van der Waals surface area contributed by atoms with Gasteiger partial charge in [-0.05, 0) is 12.8 Å². The van der Waals surface area contributed by atoms with Crippen LogP contribution in [0.2, 0.25) is 0 Å². The van der Waals surface area contributed by atoms with Crippen LogP contribution in [0.15, 0.2) is 0 Å². The maximum Gasteiger partial charge on any atom is 0.0113 e. The Hall–Kier alpha value is -0.280. The van der Waals surface area contributed by atoms with Crippen molar-refractivity contribution < 1.29 is 0 Å². The summed E-state index contributed by atoms with van der Waals surface area (Å²) in [4.78, 5) is 0. The lowest BCUT2D eigenvalue weighted by molar-refractivity contribution is 0.270. The van der Waals surface area contributed by atoms with Crippen LogP contribution in [0.25, 0.3) is 0 Å². The third-order valence-corrected chi connectivity index (χ3v) is 3.78. The van der Waals surface area contributed by atoms with E-state index in [1.807, 2.05) is 0 Å². The third-order valence-electron chi connectivity index (χ3n) is 3.78. The highest BCUT2D eigenvalue weighted by Crippen LogP contribution is 2.11. The highest BCUT2D eigenvalue weighted by Gasteiger charge is 1.94. The van der Waals surface area contributed by atoms with Crippen LogP contribution in [0.1, 0.15) is 77.0 Å². The molecule has 0 aliphatic carbocycles. The lowest BCUT2D eigenvalue weighted by atomic mass is 10.1. The van der Waals surface area contributed by atoms with Gasteiger partial charge in [-0.15, -0.1) is 0 Å². The summed E-state index contributed by atoms with van der Waals surface area (Å²) in [5.74, 6) is 0. The number of hydrazine groups is 6.